The molecule has 2 heteroatoms. The molecule has 4 fully saturated rings. The number of nitrogens with zero attached hydrogens (tertiary/aromatic N) is 2. The number of hydrogen-bond acceptors (Lipinski definition) is 0. The van der Waals surface area contributed by atoms with Gasteiger partial charge in [-0.2, -0.15) is 0 Å². The van der Waals surface area contributed by atoms with Gasteiger partial charge in [-0.1, -0.05) is 133 Å². The van der Waals surface area contributed by atoms with Crippen LogP contribution >= 0.6 is 0 Å². The zero-order valence-electron chi connectivity index (χ0n) is 33.6. The Balaban J connectivity index is 0.977. The van der Waals surface area contributed by atoms with Crippen molar-refractivity contribution in [3.05, 3.63) is 193 Å². The summed E-state index contributed by atoms with van der Waals surface area (Å²) >= 11 is 0. The van der Waals surface area contributed by atoms with Crippen molar-refractivity contribution < 1.29 is 0 Å². The highest BCUT2D eigenvalue weighted by molar-refractivity contribution is 6.17. The Kier molecular flexibility index (Phi) is 6.76. The largest absolute Gasteiger partial charge is 0.309 e. The molecule has 1 spiro atoms. The Morgan fingerprint density at radius 3 is 1.78 bits per heavy atom. The quantitative estimate of drug-likeness (QED) is 0.169. The Labute approximate surface area is 350 Å². The molecule has 0 radical (unpaired) electrons. The number of rotatable bonds is 4. The van der Waals surface area contributed by atoms with Gasteiger partial charge in [-0.05, 0) is 149 Å². The molecule has 0 amide bonds. The smallest absolute Gasteiger partial charge is 0.0547 e. The second-order valence-corrected chi connectivity index (χ2v) is 18.5. The summed E-state index contributed by atoms with van der Waals surface area (Å²) in [6.45, 7) is 0. The second-order valence-electron chi connectivity index (χ2n) is 18.5. The summed E-state index contributed by atoms with van der Waals surface area (Å²) in [5, 5.41) is 5.17. The lowest BCUT2D eigenvalue weighted by molar-refractivity contribution is -0.0399. The van der Waals surface area contributed by atoms with Crippen LogP contribution in [0.2, 0.25) is 0 Å². The summed E-state index contributed by atoms with van der Waals surface area (Å²) in [6, 6.07) is 68.8. The standard InChI is InChI=1S/C58H44N2/c1-2-12-38(13-3-1)39-14-10-15-43(33-39)59-54-22-9-6-18-50(54)57-45(19-11-23-55(57)59)40-24-26-49-48-17-5-8-21-53(48)60(56(49)34-40)44-25-27-47-46-16-4-7-20-51(46)58(52(47)35-44)41-29-36-28-37(31-41)32-42(58)30-36/h1-27,33-37,41-42H,28-32H2. The molecule has 4 saturated carbocycles. The first-order valence-corrected chi connectivity index (χ1v) is 22.2. The minimum atomic E-state index is 0.129. The summed E-state index contributed by atoms with van der Waals surface area (Å²) in [5.41, 5.74) is 18.7. The van der Waals surface area contributed by atoms with Crippen LogP contribution in [-0.4, -0.2) is 9.13 Å². The Morgan fingerprint density at radius 2 is 0.950 bits per heavy atom. The van der Waals surface area contributed by atoms with Crippen LogP contribution in [0, 0.1) is 23.7 Å². The van der Waals surface area contributed by atoms with E-state index < -0.39 is 0 Å². The van der Waals surface area contributed by atoms with Crippen LogP contribution in [0.25, 0.3) is 88.4 Å². The van der Waals surface area contributed by atoms with Crippen LogP contribution in [0.5, 0.6) is 0 Å². The molecule has 0 N–H and O–H groups in total. The van der Waals surface area contributed by atoms with Crippen molar-refractivity contribution in [3.8, 4) is 44.8 Å². The highest BCUT2D eigenvalue weighted by atomic mass is 15.0. The Bertz CT molecular complexity index is 3370. The molecule has 0 unspecified atom stereocenters. The topological polar surface area (TPSA) is 9.86 Å². The first kappa shape index (κ1) is 33.2. The predicted molar refractivity (Wildman–Crippen MR) is 249 cm³/mol. The highest BCUT2D eigenvalue weighted by Gasteiger charge is 2.61. The highest BCUT2D eigenvalue weighted by Crippen LogP contribution is 2.69. The molecule has 286 valence electrons. The van der Waals surface area contributed by atoms with Gasteiger partial charge in [0.15, 0.2) is 0 Å². The van der Waals surface area contributed by atoms with Crippen LogP contribution in [-0.2, 0) is 5.41 Å². The summed E-state index contributed by atoms with van der Waals surface area (Å²) in [4.78, 5) is 0. The molecule has 5 aliphatic carbocycles. The molecule has 2 aromatic heterocycles. The molecular weight excluding hydrogens is 725 g/mol. The fourth-order valence-electron chi connectivity index (χ4n) is 13.7. The number of para-hydroxylation sites is 2. The molecular formula is C58H44N2. The van der Waals surface area contributed by atoms with Crippen molar-refractivity contribution >= 4 is 43.6 Å². The lowest BCUT2D eigenvalue weighted by Crippen LogP contribution is -2.55. The van der Waals surface area contributed by atoms with Gasteiger partial charge in [0.25, 0.3) is 0 Å². The predicted octanol–water partition coefficient (Wildman–Crippen LogP) is 14.9. The van der Waals surface area contributed by atoms with E-state index in [1.807, 2.05) is 0 Å². The fourth-order valence-corrected chi connectivity index (χ4v) is 13.7. The molecule has 5 aliphatic rings. The van der Waals surface area contributed by atoms with E-state index in [0.717, 1.165) is 23.7 Å². The van der Waals surface area contributed by atoms with Gasteiger partial charge >= 0.3 is 0 Å². The Hall–Kier alpha value is -6.64. The van der Waals surface area contributed by atoms with Gasteiger partial charge in [-0.25, -0.2) is 0 Å². The first-order valence-electron chi connectivity index (χ1n) is 22.2. The molecule has 0 saturated heterocycles. The lowest BCUT2D eigenvalue weighted by atomic mass is 9.43. The molecule has 10 aromatic rings. The van der Waals surface area contributed by atoms with Gasteiger partial charge in [-0.15, -0.1) is 0 Å². The van der Waals surface area contributed by atoms with Gasteiger partial charge < -0.3 is 9.13 Å². The van der Waals surface area contributed by atoms with Gasteiger partial charge in [0.2, 0.25) is 0 Å². The van der Waals surface area contributed by atoms with E-state index in [4.69, 9.17) is 0 Å². The van der Waals surface area contributed by atoms with Crippen LogP contribution in [0.3, 0.4) is 0 Å². The summed E-state index contributed by atoms with van der Waals surface area (Å²) in [5.74, 6) is 3.32. The third-order valence-electron chi connectivity index (χ3n) is 15.7. The normalized spacial score (nSPS) is 22.4. The minimum Gasteiger partial charge on any atom is -0.309 e. The van der Waals surface area contributed by atoms with E-state index in [2.05, 4.69) is 191 Å². The summed E-state index contributed by atoms with van der Waals surface area (Å²) in [7, 11) is 0. The van der Waals surface area contributed by atoms with Crippen molar-refractivity contribution in [2.45, 2.75) is 37.5 Å². The third kappa shape index (κ3) is 4.38. The molecule has 8 aromatic carbocycles. The fraction of sp³-hybridized carbons (Fsp3) is 0.172. The van der Waals surface area contributed by atoms with Crippen LogP contribution in [0.4, 0.5) is 0 Å². The maximum Gasteiger partial charge on any atom is 0.0547 e. The molecule has 2 nitrogen and oxygen atoms in total. The van der Waals surface area contributed by atoms with Crippen molar-refractivity contribution in [1.29, 1.82) is 0 Å². The molecule has 0 aliphatic heterocycles. The zero-order chi connectivity index (χ0) is 39.1. The van der Waals surface area contributed by atoms with Gasteiger partial charge in [-0.3, -0.25) is 0 Å². The average molecular weight is 769 g/mol. The van der Waals surface area contributed by atoms with Crippen LogP contribution < -0.4 is 0 Å². The molecule has 60 heavy (non-hydrogen) atoms. The third-order valence-corrected chi connectivity index (χ3v) is 15.7. The number of benzene rings is 8. The number of aromatic nitrogens is 2. The minimum absolute atomic E-state index is 0.129. The molecule has 2 heterocycles. The van der Waals surface area contributed by atoms with Crippen LogP contribution in [0.15, 0.2) is 182 Å². The van der Waals surface area contributed by atoms with E-state index >= 15 is 0 Å². The van der Waals surface area contributed by atoms with Crippen molar-refractivity contribution in [1.82, 2.24) is 9.13 Å². The van der Waals surface area contributed by atoms with E-state index in [1.54, 1.807) is 11.1 Å². The Morgan fingerprint density at radius 1 is 0.350 bits per heavy atom. The van der Waals surface area contributed by atoms with Crippen molar-refractivity contribution in [2.75, 3.05) is 0 Å². The van der Waals surface area contributed by atoms with Crippen LogP contribution in [0.1, 0.15) is 43.2 Å². The van der Waals surface area contributed by atoms with E-state index in [-0.39, 0.29) is 5.41 Å². The van der Waals surface area contributed by atoms with E-state index in [0.29, 0.717) is 0 Å². The average Bonchev–Trinajstić information content (AvgIpc) is 3.92. The molecule has 0 atom stereocenters. The second kappa shape index (κ2) is 12.2. The molecule has 15 rings (SSSR count). The monoisotopic (exact) mass is 768 g/mol. The van der Waals surface area contributed by atoms with Gasteiger partial charge in [0.1, 0.15) is 0 Å². The molecule has 4 bridgehead atoms. The summed E-state index contributed by atoms with van der Waals surface area (Å²) < 4.78 is 5.04. The van der Waals surface area contributed by atoms with Crippen molar-refractivity contribution in [3.63, 3.8) is 0 Å². The maximum atomic E-state index is 2.65. The maximum absolute atomic E-state index is 2.65. The number of fused-ring (bicyclic) bond motifs is 9. The zero-order valence-corrected chi connectivity index (χ0v) is 33.6. The van der Waals surface area contributed by atoms with E-state index in [9.17, 15) is 0 Å². The van der Waals surface area contributed by atoms with Gasteiger partial charge in [0, 0.05) is 38.3 Å². The number of hydrogen-bond donors (Lipinski definition) is 0. The SMILES string of the molecule is c1ccc(-c2cccc(-n3c4ccccc4c4c(-c5ccc6c7ccccc7n(-c7ccc8c(c7)C7(c9ccccc9-8)C8CC9CC(C8)CC7C9)c6c5)cccc43)c2)cc1. The van der Waals surface area contributed by atoms with E-state index in [1.165, 1.54) is 120 Å². The van der Waals surface area contributed by atoms with Gasteiger partial charge in [0.05, 0.1) is 22.1 Å². The summed E-state index contributed by atoms with van der Waals surface area (Å²) in [6.07, 6.45) is 7.04. The van der Waals surface area contributed by atoms with Crippen molar-refractivity contribution in [2.24, 2.45) is 23.7 Å². The lowest BCUT2D eigenvalue weighted by Gasteiger charge is -2.61. The first-order chi connectivity index (χ1) is 29.7.